The molecule has 31 heavy (non-hydrogen) atoms. The van der Waals surface area contributed by atoms with Crippen molar-refractivity contribution in [3.8, 4) is 33.8 Å². The molecule has 0 atom stereocenters. The highest BCUT2D eigenvalue weighted by molar-refractivity contribution is 9.10. The van der Waals surface area contributed by atoms with Crippen molar-refractivity contribution in [2.45, 2.75) is 0 Å². The van der Waals surface area contributed by atoms with Crippen LogP contribution < -0.4 is 0 Å². The van der Waals surface area contributed by atoms with Gasteiger partial charge in [0.05, 0.1) is 23.3 Å². The Morgan fingerprint density at radius 3 is 1.29 bits per heavy atom. The molecule has 0 aliphatic rings. The van der Waals surface area contributed by atoms with E-state index >= 15 is 0 Å². The molecule has 4 rings (SSSR count). The van der Waals surface area contributed by atoms with Gasteiger partial charge in [0.1, 0.15) is 0 Å². The first kappa shape index (κ1) is 23.2. The largest absolute Gasteiger partial charge is 0.673 e. The quantitative estimate of drug-likeness (QED) is 0.140. The molecule has 1 nitrogen and oxygen atoms in total. The fraction of sp³-hybridized carbons (Fsp3) is 0. The highest BCUT2D eigenvalue weighted by Crippen LogP contribution is 2.33. The van der Waals surface area contributed by atoms with Gasteiger partial charge in [-0.25, -0.2) is 4.42 Å². The Balaban J connectivity index is 0.000000491. The molecule has 0 aliphatic carbocycles. The highest BCUT2D eigenvalue weighted by atomic mass is 79.9. The summed E-state index contributed by atoms with van der Waals surface area (Å²) >= 11 is 6.98. The Kier molecular flexibility index (Phi) is 7.67. The second kappa shape index (κ2) is 10.2. The molecule has 0 fully saturated rings. The molecule has 0 saturated carbocycles. The molecular formula is C23H15BBr2F4O. The lowest BCUT2D eigenvalue weighted by molar-refractivity contribution is 0.368. The summed E-state index contributed by atoms with van der Waals surface area (Å²) in [5, 5.41) is 0. The summed E-state index contributed by atoms with van der Waals surface area (Å²) in [6.07, 6.45) is 0. The normalized spacial score (nSPS) is 10.9. The molecule has 0 unspecified atom stereocenters. The summed E-state index contributed by atoms with van der Waals surface area (Å²) < 4.78 is 47.4. The predicted octanol–water partition coefficient (Wildman–Crippen LogP) is 9.39. The van der Waals surface area contributed by atoms with E-state index in [1.807, 2.05) is 30.3 Å². The topological polar surface area (TPSA) is 11.3 Å². The smallest absolute Gasteiger partial charge is 0.418 e. The van der Waals surface area contributed by atoms with Crippen molar-refractivity contribution < 1.29 is 21.7 Å². The Morgan fingerprint density at radius 2 is 0.903 bits per heavy atom. The predicted molar refractivity (Wildman–Crippen MR) is 125 cm³/mol. The molecule has 0 saturated heterocycles. The maximum atomic E-state index is 9.75. The molecule has 4 aromatic rings. The minimum Gasteiger partial charge on any atom is -0.418 e. The van der Waals surface area contributed by atoms with Gasteiger partial charge < -0.3 is 17.3 Å². The molecule has 0 bridgehead atoms. The van der Waals surface area contributed by atoms with E-state index in [4.69, 9.17) is 4.42 Å². The van der Waals surface area contributed by atoms with E-state index in [-0.39, 0.29) is 0 Å². The van der Waals surface area contributed by atoms with E-state index in [0.717, 1.165) is 37.2 Å². The van der Waals surface area contributed by atoms with Crippen LogP contribution in [0.25, 0.3) is 33.8 Å². The second-order valence-electron chi connectivity index (χ2n) is 6.45. The van der Waals surface area contributed by atoms with Crippen LogP contribution in [0.1, 0.15) is 0 Å². The fourth-order valence-corrected chi connectivity index (χ4v) is 3.34. The third kappa shape index (κ3) is 7.33. The van der Waals surface area contributed by atoms with Crippen LogP contribution in [0.3, 0.4) is 0 Å². The van der Waals surface area contributed by atoms with Gasteiger partial charge in [-0.15, -0.1) is 0 Å². The molecule has 3 aromatic carbocycles. The zero-order chi connectivity index (χ0) is 22.4. The highest BCUT2D eigenvalue weighted by Gasteiger charge is 2.21. The molecule has 1 heterocycles. The summed E-state index contributed by atoms with van der Waals surface area (Å²) in [5.74, 6) is 1.69. The third-order valence-corrected chi connectivity index (χ3v) is 5.22. The number of benzene rings is 3. The first-order valence-electron chi connectivity index (χ1n) is 9.12. The zero-order valence-corrected chi connectivity index (χ0v) is 19.1. The Morgan fingerprint density at radius 1 is 0.516 bits per heavy atom. The van der Waals surface area contributed by atoms with Gasteiger partial charge in [-0.2, -0.15) is 0 Å². The van der Waals surface area contributed by atoms with Crippen molar-refractivity contribution in [3.63, 3.8) is 0 Å². The Labute approximate surface area is 194 Å². The lowest BCUT2D eigenvalue weighted by atomic mass is 10.0. The van der Waals surface area contributed by atoms with Gasteiger partial charge in [0.15, 0.2) is 0 Å². The molecule has 0 spiro atoms. The molecular weight excluding hydrogens is 539 g/mol. The minimum atomic E-state index is -6.00. The molecule has 1 aromatic heterocycles. The second-order valence-corrected chi connectivity index (χ2v) is 8.28. The van der Waals surface area contributed by atoms with Crippen LogP contribution in [0.2, 0.25) is 0 Å². The van der Waals surface area contributed by atoms with Crippen LogP contribution in [-0.2, 0) is 0 Å². The fourth-order valence-electron chi connectivity index (χ4n) is 2.81. The van der Waals surface area contributed by atoms with Crippen LogP contribution in [0.15, 0.2) is 104 Å². The van der Waals surface area contributed by atoms with Gasteiger partial charge in [0, 0.05) is 14.5 Å². The Bertz CT molecular complexity index is 1060. The first-order valence-corrected chi connectivity index (χ1v) is 10.7. The minimum absolute atomic E-state index is 0.844. The monoisotopic (exact) mass is 552 g/mol. The van der Waals surface area contributed by atoms with Gasteiger partial charge >= 0.3 is 18.8 Å². The maximum Gasteiger partial charge on any atom is 0.673 e. The van der Waals surface area contributed by atoms with E-state index in [2.05, 4.69) is 92.5 Å². The molecule has 0 N–H and O–H groups in total. The summed E-state index contributed by atoms with van der Waals surface area (Å²) in [4.78, 5) is 0. The number of hydrogen-bond acceptors (Lipinski definition) is 0. The van der Waals surface area contributed by atoms with Gasteiger partial charge in [0.25, 0.3) is 0 Å². The van der Waals surface area contributed by atoms with Crippen LogP contribution in [0, 0.1) is 0 Å². The van der Waals surface area contributed by atoms with Crippen LogP contribution in [0.5, 0.6) is 0 Å². The van der Waals surface area contributed by atoms with Crippen LogP contribution >= 0.6 is 31.9 Å². The standard InChI is InChI=1S/C23H15Br2O.BF4/c24-20-10-6-17(7-11-20)22-14-19(16-4-2-1-3-5-16)15-23(26-22)18-8-12-21(25)13-9-18;2-1(3,4)5/h1-15H;/q+1;-1. The number of rotatable bonds is 3. The van der Waals surface area contributed by atoms with Crippen LogP contribution in [-0.4, -0.2) is 7.25 Å². The third-order valence-electron chi connectivity index (χ3n) is 4.16. The van der Waals surface area contributed by atoms with Gasteiger partial charge in [-0.1, -0.05) is 62.2 Å². The molecule has 8 heteroatoms. The zero-order valence-electron chi connectivity index (χ0n) is 15.9. The van der Waals surface area contributed by atoms with Crippen molar-refractivity contribution >= 4 is 39.1 Å². The van der Waals surface area contributed by atoms with E-state index in [0.29, 0.717) is 0 Å². The van der Waals surface area contributed by atoms with Gasteiger partial charge in [0.2, 0.25) is 0 Å². The maximum absolute atomic E-state index is 9.75. The van der Waals surface area contributed by atoms with E-state index in [1.165, 1.54) is 5.56 Å². The average molecular weight is 554 g/mol. The summed E-state index contributed by atoms with van der Waals surface area (Å²) in [6, 6.07) is 30.9. The van der Waals surface area contributed by atoms with Crippen molar-refractivity contribution in [3.05, 3.63) is 99.9 Å². The Hall–Kier alpha value is -2.45. The summed E-state index contributed by atoms with van der Waals surface area (Å²) in [6.45, 7) is 0. The van der Waals surface area contributed by atoms with Crippen molar-refractivity contribution in [2.24, 2.45) is 0 Å². The average Bonchev–Trinajstić information content (AvgIpc) is 2.74. The van der Waals surface area contributed by atoms with Crippen LogP contribution in [0.4, 0.5) is 17.3 Å². The van der Waals surface area contributed by atoms with Gasteiger partial charge in [-0.05, 0) is 54.1 Å². The van der Waals surface area contributed by atoms with Gasteiger partial charge in [-0.3, -0.25) is 0 Å². The summed E-state index contributed by atoms with van der Waals surface area (Å²) in [7, 11) is -6.00. The summed E-state index contributed by atoms with van der Waals surface area (Å²) in [5.41, 5.74) is 4.39. The number of hydrogen-bond donors (Lipinski definition) is 0. The SMILES string of the molecule is Brc1ccc(-c2cc(-c3ccccc3)cc(-c3ccc(Br)cc3)[o+]2)cc1.F[B-](F)(F)F. The molecule has 0 aliphatic heterocycles. The van der Waals surface area contributed by atoms with Crippen molar-refractivity contribution in [1.29, 1.82) is 0 Å². The lowest BCUT2D eigenvalue weighted by Gasteiger charge is -2.02. The molecule has 0 amide bonds. The molecule has 0 radical (unpaired) electrons. The molecule has 158 valence electrons. The van der Waals surface area contributed by atoms with E-state index < -0.39 is 7.25 Å². The van der Waals surface area contributed by atoms with E-state index in [9.17, 15) is 17.3 Å². The van der Waals surface area contributed by atoms with Crippen molar-refractivity contribution in [2.75, 3.05) is 0 Å². The van der Waals surface area contributed by atoms with Crippen molar-refractivity contribution in [1.82, 2.24) is 0 Å². The van der Waals surface area contributed by atoms with E-state index in [1.54, 1.807) is 0 Å². The number of halogens is 6. The first-order chi connectivity index (χ1) is 14.7. The lowest BCUT2D eigenvalue weighted by Crippen LogP contribution is -2.02.